The van der Waals surface area contributed by atoms with E-state index in [2.05, 4.69) is 9.97 Å². The molecule has 0 saturated heterocycles. The number of carbonyl (C=O) groups is 1. The summed E-state index contributed by atoms with van der Waals surface area (Å²) in [4.78, 5) is 34.9. The fraction of sp³-hybridized carbons (Fsp3) is 0.158. The largest absolute Gasteiger partial charge is 0.503 e. The summed E-state index contributed by atoms with van der Waals surface area (Å²) in [5.41, 5.74) is 0.872. The first kappa shape index (κ1) is 17.2. The molecule has 0 aliphatic carbocycles. The lowest BCUT2D eigenvalue weighted by molar-refractivity contribution is 0.0683. The normalized spacial score (nSPS) is 13.5. The van der Waals surface area contributed by atoms with Crippen molar-refractivity contribution >= 4 is 17.5 Å². The molecule has 3 aromatic rings. The third-order valence-electron chi connectivity index (χ3n) is 4.48. The highest BCUT2D eigenvalue weighted by atomic mass is 35.5. The minimum absolute atomic E-state index is 0.00826. The predicted octanol–water partition coefficient (Wildman–Crippen LogP) is 2.32. The van der Waals surface area contributed by atoms with Crippen LogP contribution in [-0.2, 0) is 13.1 Å². The quantitative estimate of drug-likeness (QED) is 0.751. The molecule has 8 heteroatoms. The summed E-state index contributed by atoms with van der Waals surface area (Å²) in [5.74, 6) is -0.961. The third kappa shape index (κ3) is 3.17. The molecule has 0 spiro atoms. The van der Waals surface area contributed by atoms with Crippen molar-refractivity contribution in [2.24, 2.45) is 0 Å². The van der Waals surface area contributed by atoms with Crippen LogP contribution < -0.4 is 5.43 Å². The van der Waals surface area contributed by atoms with Crippen LogP contribution in [0.3, 0.4) is 0 Å². The van der Waals surface area contributed by atoms with Crippen molar-refractivity contribution in [1.29, 1.82) is 0 Å². The van der Waals surface area contributed by atoms with Crippen molar-refractivity contribution in [2.45, 2.75) is 13.1 Å². The second-order valence-electron chi connectivity index (χ2n) is 6.21. The Hall–Kier alpha value is -3.19. The standard InChI is InChI=1S/C19H15ClN4O3/c20-13-3-1-2-12(8-13)9-24-7-6-23-10-14(15-4-5-21-11-22-15)17(25)18(26)16(23)19(24)27/h1-5,8,10-11,26H,6-7,9H2. The Kier molecular flexibility index (Phi) is 4.37. The van der Waals surface area contributed by atoms with Crippen molar-refractivity contribution in [1.82, 2.24) is 19.4 Å². The number of rotatable bonds is 3. The Morgan fingerprint density at radius 1 is 1.19 bits per heavy atom. The Morgan fingerprint density at radius 2 is 2.04 bits per heavy atom. The highest BCUT2D eigenvalue weighted by Gasteiger charge is 2.30. The van der Waals surface area contributed by atoms with E-state index in [9.17, 15) is 14.7 Å². The lowest BCUT2D eigenvalue weighted by atomic mass is 10.1. The number of amides is 1. The van der Waals surface area contributed by atoms with Gasteiger partial charge in [0.1, 0.15) is 6.33 Å². The summed E-state index contributed by atoms with van der Waals surface area (Å²) < 4.78 is 1.60. The fourth-order valence-corrected chi connectivity index (χ4v) is 3.38. The van der Waals surface area contributed by atoms with Crippen LogP contribution in [0.15, 0.2) is 53.8 Å². The van der Waals surface area contributed by atoms with Gasteiger partial charge in [-0.2, -0.15) is 0 Å². The van der Waals surface area contributed by atoms with Crippen molar-refractivity contribution in [3.63, 3.8) is 0 Å². The fourth-order valence-electron chi connectivity index (χ4n) is 3.17. The molecule has 0 saturated carbocycles. The first-order valence-corrected chi connectivity index (χ1v) is 8.69. The van der Waals surface area contributed by atoms with Crippen LogP contribution in [0, 0.1) is 0 Å². The van der Waals surface area contributed by atoms with Gasteiger partial charge in [0.05, 0.1) is 11.3 Å². The lowest BCUT2D eigenvalue weighted by Gasteiger charge is -2.30. The molecule has 1 aliphatic rings. The van der Waals surface area contributed by atoms with E-state index < -0.39 is 17.1 Å². The molecular weight excluding hydrogens is 368 g/mol. The second kappa shape index (κ2) is 6.85. The van der Waals surface area contributed by atoms with Gasteiger partial charge in [0, 0.05) is 37.1 Å². The zero-order chi connectivity index (χ0) is 19.0. The average Bonchev–Trinajstić information content (AvgIpc) is 2.67. The van der Waals surface area contributed by atoms with Crippen LogP contribution in [0.2, 0.25) is 5.02 Å². The minimum atomic E-state index is -0.627. The van der Waals surface area contributed by atoms with E-state index in [0.29, 0.717) is 30.4 Å². The average molecular weight is 383 g/mol. The van der Waals surface area contributed by atoms with Gasteiger partial charge in [-0.1, -0.05) is 23.7 Å². The molecule has 1 aromatic carbocycles. The maximum absolute atomic E-state index is 12.9. The van der Waals surface area contributed by atoms with E-state index in [-0.39, 0.29) is 11.3 Å². The summed E-state index contributed by atoms with van der Waals surface area (Å²) in [5, 5.41) is 11.0. The van der Waals surface area contributed by atoms with Crippen molar-refractivity contribution in [2.75, 3.05) is 6.54 Å². The zero-order valence-electron chi connectivity index (χ0n) is 14.2. The number of nitrogens with zero attached hydrogens (tertiary/aromatic N) is 4. The van der Waals surface area contributed by atoms with Crippen LogP contribution in [0.25, 0.3) is 11.3 Å². The zero-order valence-corrected chi connectivity index (χ0v) is 14.9. The van der Waals surface area contributed by atoms with E-state index in [1.54, 1.807) is 33.9 Å². The van der Waals surface area contributed by atoms with E-state index in [4.69, 9.17) is 11.6 Å². The summed E-state index contributed by atoms with van der Waals surface area (Å²) in [6.45, 7) is 1.25. The maximum atomic E-state index is 12.9. The highest BCUT2D eigenvalue weighted by Crippen LogP contribution is 2.25. The van der Waals surface area contributed by atoms with E-state index in [1.165, 1.54) is 12.5 Å². The van der Waals surface area contributed by atoms with E-state index in [0.717, 1.165) is 5.56 Å². The number of pyridine rings is 1. The molecule has 2 aromatic heterocycles. The number of halogens is 1. The van der Waals surface area contributed by atoms with Crippen molar-refractivity contribution in [3.8, 4) is 17.0 Å². The number of aromatic nitrogens is 3. The monoisotopic (exact) mass is 382 g/mol. The molecule has 1 amide bonds. The molecule has 136 valence electrons. The molecule has 0 atom stereocenters. The summed E-state index contributed by atoms with van der Waals surface area (Å²) in [6, 6.07) is 8.82. The van der Waals surface area contributed by atoms with Gasteiger partial charge in [0.2, 0.25) is 5.43 Å². The first-order chi connectivity index (χ1) is 13.0. The Bertz CT molecular complexity index is 1080. The Balaban J connectivity index is 1.71. The molecule has 0 unspecified atom stereocenters. The molecule has 27 heavy (non-hydrogen) atoms. The molecule has 7 nitrogen and oxygen atoms in total. The van der Waals surface area contributed by atoms with Gasteiger partial charge in [-0.3, -0.25) is 9.59 Å². The second-order valence-corrected chi connectivity index (χ2v) is 6.65. The van der Waals surface area contributed by atoms with Gasteiger partial charge >= 0.3 is 0 Å². The number of fused-ring (bicyclic) bond motifs is 1. The van der Waals surface area contributed by atoms with Crippen molar-refractivity contribution < 1.29 is 9.90 Å². The minimum Gasteiger partial charge on any atom is -0.503 e. The summed E-state index contributed by atoms with van der Waals surface area (Å²) >= 11 is 6.00. The van der Waals surface area contributed by atoms with Crippen LogP contribution >= 0.6 is 11.6 Å². The first-order valence-electron chi connectivity index (χ1n) is 8.31. The molecule has 1 N–H and O–H groups in total. The Morgan fingerprint density at radius 3 is 2.78 bits per heavy atom. The van der Waals surface area contributed by atoms with Crippen LogP contribution in [0.4, 0.5) is 0 Å². The molecule has 0 fully saturated rings. The van der Waals surface area contributed by atoms with Crippen LogP contribution in [0.5, 0.6) is 5.75 Å². The van der Waals surface area contributed by atoms with Crippen molar-refractivity contribution in [3.05, 3.63) is 75.6 Å². The number of carbonyl (C=O) groups excluding carboxylic acids is 1. The molecule has 0 bridgehead atoms. The van der Waals surface area contributed by atoms with Crippen LogP contribution in [-0.4, -0.2) is 37.0 Å². The highest BCUT2D eigenvalue weighted by molar-refractivity contribution is 6.30. The summed E-state index contributed by atoms with van der Waals surface area (Å²) in [6.07, 6.45) is 4.41. The number of hydrogen-bond acceptors (Lipinski definition) is 5. The number of hydrogen-bond donors (Lipinski definition) is 1. The predicted molar refractivity (Wildman–Crippen MR) is 99.6 cm³/mol. The number of aromatic hydroxyl groups is 1. The molecule has 3 heterocycles. The van der Waals surface area contributed by atoms with E-state index >= 15 is 0 Å². The lowest BCUT2D eigenvalue weighted by Crippen LogP contribution is -2.41. The van der Waals surface area contributed by atoms with Gasteiger partial charge in [0.15, 0.2) is 11.4 Å². The smallest absolute Gasteiger partial charge is 0.274 e. The van der Waals surface area contributed by atoms with Gasteiger partial charge in [0.25, 0.3) is 5.91 Å². The van der Waals surface area contributed by atoms with Crippen LogP contribution in [0.1, 0.15) is 16.1 Å². The topological polar surface area (TPSA) is 88.3 Å². The van der Waals surface area contributed by atoms with Gasteiger partial charge in [-0.15, -0.1) is 0 Å². The van der Waals surface area contributed by atoms with Gasteiger partial charge in [-0.05, 0) is 23.8 Å². The third-order valence-corrected chi connectivity index (χ3v) is 4.71. The maximum Gasteiger partial charge on any atom is 0.274 e. The Labute approximate surface area is 159 Å². The number of benzene rings is 1. The molecular formula is C19H15ClN4O3. The van der Waals surface area contributed by atoms with Gasteiger partial charge in [-0.25, -0.2) is 9.97 Å². The van der Waals surface area contributed by atoms with Gasteiger partial charge < -0.3 is 14.6 Å². The molecule has 1 aliphatic heterocycles. The molecule has 4 rings (SSSR count). The SMILES string of the molecule is O=C1c2c(O)c(=O)c(-c3ccncn3)cn2CCN1Cc1cccc(Cl)c1. The summed E-state index contributed by atoms with van der Waals surface area (Å²) in [7, 11) is 0. The molecule has 0 radical (unpaired) electrons. The van der Waals surface area contributed by atoms with E-state index in [1.807, 2.05) is 12.1 Å².